The molecule has 3 nitrogen and oxygen atoms in total. The van der Waals surface area contributed by atoms with Gasteiger partial charge in [-0.3, -0.25) is 4.94 Å². The predicted molar refractivity (Wildman–Crippen MR) is 17.6 cm³/mol. The smallest absolute Gasteiger partial charge is 0.0729 e. The molecule has 0 unspecified atom stereocenters. The van der Waals surface area contributed by atoms with E-state index < -0.39 is 0 Å². The van der Waals surface area contributed by atoms with Gasteiger partial charge in [-0.2, -0.15) is 0 Å². The summed E-state index contributed by atoms with van der Waals surface area (Å²) in [6.45, 7) is 0.736. The first-order chi connectivity index (χ1) is 2.50. The monoisotopic (exact) mass is 72.0 g/mol. The quantitative estimate of drug-likeness (QED) is 0.419. The molecule has 0 aromatic carbocycles. The molecule has 28 valence electrons. The Labute approximate surface area is 29.6 Å². The third-order valence-corrected chi connectivity index (χ3v) is 0.366. The fraction of sp³-hybridized carbons (Fsp3) is 0.500. The zero-order chi connectivity index (χ0) is 3.54. The molecule has 0 amide bonds. The fourth-order valence-electron chi connectivity index (χ4n) is 0.186. The second-order valence-corrected chi connectivity index (χ2v) is 0.728. The van der Waals surface area contributed by atoms with Crippen molar-refractivity contribution < 1.29 is 4.94 Å². The Bertz CT molecular complexity index is 45.6. The molecular formula is C2H4N2O. The second-order valence-electron chi connectivity index (χ2n) is 0.728. The van der Waals surface area contributed by atoms with Crippen LogP contribution in [0.1, 0.15) is 0 Å². The summed E-state index contributed by atoms with van der Waals surface area (Å²) in [4.78, 5) is 4.26. The van der Waals surface area contributed by atoms with Crippen molar-refractivity contribution in [2.75, 3.05) is 6.54 Å². The first kappa shape index (κ1) is 2.66. The summed E-state index contributed by atoms with van der Waals surface area (Å²) in [7, 11) is 0. The summed E-state index contributed by atoms with van der Waals surface area (Å²) in [6, 6.07) is 0. The summed E-state index contributed by atoms with van der Waals surface area (Å²) >= 11 is 0. The van der Waals surface area contributed by atoms with Crippen LogP contribution in [0.2, 0.25) is 0 Å². The van der Waals surface area contributed by atoms with Crippen molar-refractivity contribution >= 4 is 6.21 Å². The van der Waals surface area contributed by atoms with E-state index in [2.05, 4.69) is 15.6 Å². The van der Waals surface area contributed by atoms with Gasteiger partial charge in [0.05, 0.1) is 12.8 Å². The molecule has 1 rings (SSSR count). The van der Waals surface area contributed by atoms with E-state index in [1.165, 1.54) is 0 Å². The number of hydroxylamine groups is 1. The molecule has 0 aromatic rings. The van der Waals surface area contributed by atoms with Crippen LogP contribution >= 0.6 is 0 Å². The topological polar surface area (TPSA) is 33.6 Å². The van der Waals surface area contributed by atoms with Gasteiger partial charge in [-0.05, 0) is 0 Å². The van der Waals surface area contributed by atoms with Gasteiger partial charge in [-0.25, -0.2) is 0 Å². The number of hydrogen-bond acceptors (Lipinski definition) is 3. The Kier molecular flexibility index (Phi) is 0.548. The van der Waals surface area contributed by atoms with Gasteiger partial charge in [-0.15, -0.1) is 5.48 Å². The van der Waals surface area contributed by atoms with Gasteiger partial charge < -0.3 is 0 Å². The Morgan fingerprint density at radius 1 is 2.00 bits per heavy atom. The Balaban J connectivity index is 2.32. The summed E-state index contributed by atoms with van der Waals surface area (Å²) < 4.78 is 0. The molecule has 0 spiro atoms. The van der Waals surface area contributed by atoms with Crippen molar-refractivity contribution in [3.05, 3.63) is 0 Å². The van der Waals surface area contributed by atoms with Crippen LogP contribution in [0.25, 0.3) is 0 Å². The van der Waals surface area contributed by atoms with Crippen LogP contribution in [0.5, 0.6) is 0 Å². The van der Waals surface area contributed by atoms with Crippen molar-refractivity contribution in [1.82, 2.24) is 5.48 Å². The molecule has 1 heterocycles. The van der Waals surface area contributed by atoms with Crippen LogP contribution < -0.4 is 5.48 Å². The average molecular weight is 72.1 g/mol. The van der Waals surface area contributed by atoms with E-state index in [-0.39, 0.29) is 0 Å². The Hall–Kier alpha value is -0.570. The molecule has 3 heteroatoms. The highest BCUT2D eigenvalue weighted by Gasteiger charge is 1.83. The van der Waals surface area contributed by atoms with Crippen LogP contribution in [0.3, 0.4) is 0 Å². The lowest BCUT2D eigenvalue weighted by Gasteiger charge is -1.78. The number of oxime groups is 1. The number of hydrogen-bond donors (Lipinski definition) is 1. The maximum absolute atomic E-state index is 4.26. The van der Waals surface area contributed by atoms with Crippen molar-refractivity contribution in [1.29, 1.82) is 0 Å². The van der Waals surface area contributed by atoms with Gasteiger partial charge in [-0.1, -0.05) is 5.16 Å². The maximum Gasteiger partial charge on any atom is 0.0729 e. The zero-order valence-corrected chi connectivity index (χ0v) is 2.64. The second kappa shape index (κ2) is 1.03. The minimum Gasteiger partial charge on any atom is -0.300 e. The molecule has 1 N–H and O–H groups in total. The Morgan fingerprint density at radius 3 is 3.20 bits per heavy atom. The summed E-state index contributed by atoms with van der Waals surface area (Å²) in [6.07, 6.45) is 1.65. The minimum atomic E-state index is 0.736. The standard InChI is InChI=1S/C2H4N2O/c1-2-4-5-3-1/h1,4H,2H2. The molecule has 0 atom stereocenters. The van der Waals surface area contributed by atoms with Crippen molar-refractivity contribution in [3.63, 3.8) is 0 Å². The van der Waals surface area contributed by atoms with Crippen molar-refractivity contribution in [2.24, 2.45) is 5.16 Å². The molecule has 1 aliphatic heterocycles. The fourth-order valence-corrected chi connectivity index (χ4v) is 0.186. The van der Waals surface area contributed by atoms with Crippen LogP contribution in [0.15, 0.2) is 5.16 Å². The van der Waals surface area contributed by atoms with Gasteiger partial charge in [0.1, 0.15) is 0 Å². The first-order valence-electron chi connectivity index (χ1n) is 1.41. The predicted octanol–water partition coefficient (Wildman–Crippen LogP) is -0.493. The van der Waals surface area contributed by atoms with Gasteiger partial charge in [0.2, 0.25) is 0 Å². The molecule has 5 heavy (non-hydrogen) atoms. The molecule has 1 aliphatic rings. The zero-order valence-electron chi connectivity index (χ0n) is 2.64. The third kappa shape index (κ3) is 0.357. The van der Waals surface area contributed by atoms with Crippen LogP contribution in [-0.4, -0.2) is 12.8 Å². The SMILES string of the molecule is C1=NONC1. The van der Waals surface area contributed by atoms with Crippen LogP contribution in [-0.2, 0) is 4.94 Å². The van der Waals surface area contributed by atoms with Crippen LogP contribution in [0, 0.1) is 0 Å². The minimum absolute atomic E-state index is 0.736. The van der Waals surface area contributed by atoms with E-state index in [1.807, 2.05) is 0 Å². The van der Waals surface area contributed by atoms with E-state index in [1.54, 1.807) is 6.21 Å². The lowest BCUT2D eigenvalue weighted by atomic mass is 10.8. The largest absolute Gasteiger partial charge is 0.300 e. The molecular weight excluding hydrogens is 68.0 g/mol. The highest BCUT2D eigenvalue weighted by Crippen LogP contribution is 1.70. The number of nitrogens with one attached hydrogen (secondary N) is 1. The van der Waals surface area contributed by atoms with E-state index in [0.29, 0.717) is 0 Å². The van der Waals surface area contributed by atoms with E-state index in [9.17, 15) is 0 Å². The van der Waals surface area contributed by atoms with Crippen LogP contribution in [0.4, 0.5) is 0 Å². The maximum atomic E-state index is 4.26. The average Bonchev–Trinajstić information content (AvgIpc) is 1.76. The van der Waals surface area contributed by atoms with E-state index >= 15 is 0 Å². The molecule has 0 aromatic heterocycles. The van der Waals surface area contributed by atoms with Crippen molar-refractivity contribution in [3.8, 4) is 0 Å². The molecule has 0 radical (unpaired) electrons. The molecule has 0 saturated heterocycles. The summed E-state index contributed by atoms with van der Waals surface area (Å²) in [5, 5.41) is 3.35. The first-order valence-corrected chi connectivity index (χ1v) is 1.41. The third-order valence-electron chi connectivity index (χ3n) is 0.366. The van der Waals surface area contributed by atoms with E-state index in [0.717, 1.165) is 6.54 Å². The van der Waals surface area contributed by atoms with E-state index in [4.69, 9.17) is 0 Å². The number of rotatable bonds is 0. The molecule has 0 aliphatic carbocycles. The van der Waals surface area contributed by atoms with Crippen molar-refractivity contribution in [2.45, 2.75) is 0 Å². The lowest BCUT2D eigenvalue weighted by Crippen LogP contribution is -2.04. The lowest BCUT2D eigenvalue weighted by molar-refractivity contribution is 0.0777. The molecule has 0 fully saturated rings. The summed E-state index contributed by atoms with van der Waals surface area (Å²) in [5.74, 6) is 0. The summed E-state index contributed by atoms with van der Waals surface area (Å²) in [5.41, 5.74) is 2.50. The highest BCUT2D eigenvalue weighted by atomic mass is 16.8. The normalized spacial score (nSPS) is 19.2. The van der Waals surface area contributed by atoms with Gasteiger partial charge in [0, 0.05) is 0 Å². The number of nitrogens with zero attached hydrogens (tertiary/aromatic N) is 1. The molecule has 0 bridgehead atoms. The Morgan fingerprint density at radius 2 is 3.00 bits per heavy atom. The van der Waals surface area contributed by atoms with Gasteiger partial charge >= 0.3 is 0 Å². The molecule has 0 saturated carbocycles. The van der Waals surface area contributed by atoms with Gasteiger partial charge in [0.15, 0.2) is 0 Å². The van der Waals surface area contributed by atoms with Gasteiger partial charge in [0.25, 0.3) is 0 Å². The highest BCUT2D eigenvalue weighted by molar-refractivity contribution is 5.59.